The van der Waals surface area contributed by atoms with Crippen LogP contribution in [0.5, 0.6) is 0 Å². The molecule has 28 heavy (non-hydrogen) atoms. The smallest absolute Gasteiger partial charge is 0.356 e. The summed E-state index contributed by atoms with van der Waals surface area (Å²) in [5.41, 5.74) is 2.34. The lowest BCUT2D eigenvalue weighted by Gasteiger charge is -2.07. The van der Waals surface area contributed by atoms with E-state index in [1.165, 1.54) is 12.1 Å². The molecule has 0 unspecified atom stereocenters. The zero-order chi connectivity index (χ0) is 19.6. The van der Waals surface area contributed by atoms with Gasteiger partial charge in [-0.15, -0.1) is 0 Å². The molecule has 0 aliphatic heterocycles. The van der Waals surface area contributed by atoms with Crippen LogP contribution in [0.1, 0.15) is 32.1 Å². The first kappa shape index (κ1) is 19.3. The largest absolute Gasteiger partial charge is 0.461 e. The van der Waals surface area contributed by atoms with Gasteiger partial charge in [0.1, 0.15) is 11.4 Å². The van der Waals surface area contributed by atoms with Crippen LogP contribution in [0.3, 0.4) is 0 Å². The standard InChI is InChI=1S/C23H21NO4/c25-22(27-16-14-18-8-3-1-4-9-18)20-12-7-13-21(24-20)23(26)28-17-15-19-10-5-2-6-11-19/h1-13H,14-17H2. The van der Waals surface area contributed by atoms with E-state index in [-0.39, 0.29) is 24.6 Å². The van der Waals surface area contributed by atoms with Gasteiger partial charge in [-0.25, -0.2) is 14.6 Å². The molecule has 142 valence electrons. The summed E-state index contributed by atoms with van der Waals surface area (Å²) in [6.45, 7) is 0.493. The Labute approximate surface area is 164 Å². The molecule has 0 aliphatic carbocycles. The van der Waals surface area contributed by atoms with Crippen molar-refractivity contribution in [1.29, 1.82) is 0 Å². The summed E-state index contributed by atoms with van der Waals surface area (Å²) in [6, 6.07) is 24.1. The quantitative estimate of drug-likeness (QED) is 0.559. The van der Waals surface area contributed by atoms with Crippen LogP contribution < -0.4 is 0 Å². The van der Waals surface area contributed by atoms with Crippen molar-refractivity contribution in [3.05, 3.63) is 101 Å². The van der Waals surface area contributed by atoms with Crippen molar-refractivity contribution >= 4 is 11.9 Å². The van der Waals surface area contributed by atoms with Gasteiger partial charge in [0, 0.05) is 12.8 Å². The Morgan fingerprint density at radius 3 is 1.46 bits per heavy atom. The normalized spacial score (nSPS) is 10.3. The second-order valence-electron chi connectivity index (χ2n) is 6.15. The SMILES string of the molecule is O=C(OCCc1ccccc1)c1cccc(C(=O)OCCc2ccccc2)n1. The summed E-state index contributed by atoms with van der Waals surface area (Å²) in [5, 5.41) is 0. The highest BCUT2D eigenvalue weighted by atomic mass is 16.5. The molecular weight excluding hydrogens is 354 g/mol. The maximum Gasteiger partial charge on any atom is 0.356 e. The average Bonchev–Trinajstić information content (AvgIpc) is 2.75. The zero-order valence-corrected chi connectivity index (χ0v) is 15.4. The van der Waals surface area contributed by atoms with E-state index < -0.39 is 11.9 Å². The van der Waals surface area contributed by atoms with Crippen molar-refractivity contribution in [2.75, 3.05) is 13.2 Å². The van der Waals surface area contributed by atoms with Gasteiger partial charge in [0.2, 0.25) is 0 Å². The zero-order valence-electron chi connectivity index (χ0n) is 15.4. The van der Waals surface area contributed by atoms with Gasteiger partial charge in [0.25, 0.3) is 0 Å². The Morgan fingerprint density at radius 1 is 0.607 bits per heavy atom. The molecule has 3 aromatic rings. The first-order valence-corrected chi connectivity index (χ1v) is 9.11. The van der Waals surface area contributed by atoms with Crippen LogP contribution in [0.2, 0.25) is 0 Å². The molecule has 0 N–H and O–H groups in total. The van der Waals surface area contributed by atoms with Crippen molar-refractivity contribution in [3.63, 3.8) is 0 Å². The van der Waals surface area contributed by atoms with E-state index in [1.807, 2.05) is 60.7 Å². The van der Waals surface area contributed by atoms with E-state index in [1.54, 1.807) is 6.07 Å². The van der Waals surface area contributed by atoms with Crippen molar-refractivity contribution in [1.82, 2.24) is 4.98 Å². The van der Waals surface area contributed by atoms with E-state index in [2.05, 4.69) is 4.98 Å². The maximum absolute atomic E-state index is 12.2. The van der Waals surface area contributed by atoms with Crippen LogP contribution in [0, 0.1) is 0 Å². The predicted octanol–water partition coefficient (Wildman–Crippen LogP) is 3.88. The molecule has 0 atom stereocenters. The van der Waals surface area contributed by atoms with Gasteiger partial charge >= 0.3 is 11.9 Å². The molecule has 1 aromatic heterocycles. The minimum absolute atomic E-state index is 0.0885. The summed E-state index contributed by atoms with van der Waals surface area (Å²) < 4.78 is 10.5. The van der Waals surface area contributed by atoms with Crippen molar-refractivity contribution in [3.8, 4) is 0 Å². The minimum atomic E-state index is -0.560. The third-order valence-electron chi connectivity index (χ3n) is 4.10. The number of ether oxygens (including phenoxy) is 2. The summed E-state index contributed by atoms with van der Waals surface area (Å²) in [4.78, 5) is 28.4. The molecule has 0 amide bonds. The Bertz CT molecular complexity index is 837. The van der Waals surface area contributed by atoms with Crippen molar-refractivity contribution < 1.29 is 19.1 Å². The van der Waals surface area contributed by atoms with Gasteiger partial charge in [-0.2, -0.15) is 0 Å². The third-order valence-corrected chi connectivity index (χ3v) is 4.10. The molecule has 3 rings (SSSR count). The van der Waals surface area contributed by atoms with E-state index in [0.717, 1.165) is 11.1 Å². The number of hydrogen-bond acceptors (Lipinski definition) is 5. The molecule has 2 aromatic carbocycles. The highest BCUT2D eigenvalue weighted by molar-refractivity contribution is 5.91. The van der Waals surface area contributed by atoms with Gasteiger partial charge in [0.05, 0.1) is 13.2 Å². The van der Waals surface area contributed by atoms with E-state index >= 15 is 0 Å². The van der Waals surface area contributed by atoms with Crippen LogP contribution in [-0.2, 0) is 22.3 Å². The first-order chi connectivity index (χ1) is 13.7. The number of carbonyl (C=O) groups excluding carboxylic acids is 2. The summed E-state index contributed by atoms with van der Waals surface area (Å²) >= 11 is 0. The summed E-state index contributed by atoms with van der Waals surface area (Å²) in [6.07, 6.45) is 1.24. The van der Waals surface area contributed by atoms with Crippen LogP contribution in [0.25, 0.3) is 0 Å². The number of aromatic nitrogens is 1. The third kappa shape index (κ3) is 5.77. The molecule has 0 radical (unpaired) electrons. The van der Waals surface area contributed by atoms with Gasteiger partial charge < -0.3 is 9.47 Å². The topological polar surface area (TPSA) is 65.5 Å². The van der Waals surface area contributed by atoms with Gasteiger partial charge in [0.15, 0.2) is 0 Å². The molecule has 0 saturated heterocycles. The average molecular weight is 375 g/mol. The van der Waals surface area contributed by atoms with Crippen LogP contribution in [0.15, 0.2) is 78.9 Å². The molecule has 5 heteroatoms. The number of nitrogens with zero attached hydrogens (tertiary/aromatic N) is 1. The maximum atomic E-state index is 12.2. The van der Waals surface area contributed by atoms with E-state index in [9.17, 15) is 9.59 Å². The first-order valence-electron chi connectivity index (χ1n) is 9.11. The van der Waals surface area contributed by atoms with Crippen molar-refractivity contribution in [2.45, 2.75) is 12.8 Å². The Morgan fingerprint density at radius 2 is 1.04 bits per heavy atom. The monoisotopic (exact) mass is 375 g/mol. The van der Waals surface area contributed by atoms with Crippen LogP contribution in [-0.4, -0.2) is 30.1 Å². The Kier molecular flexibility index (Phi) is 6.90. The lowest BCUT2D eigenvalue weighted by Crippen LogP contribution is -2.14. The number of rotatable bonds is 8. The second-order valence-corrected chi connectivity index (χ2v) is 6.15. The van der Waals surface area contributed by atoms with Gasteiger partial charge in [-0.1, -0.05) is 66.7 Å². The summed E-state index contributed by atoms with van der Waals surface area (Å²) in [7, 11) is 0. The molecule has 5 nitrogen and oxygen atoms in total. The molecule has 0 aliphatic rings. The molecule has 0 spiro atoms. The highest BCUT2D eigenvalue weighted by Crippen LogP contribution is 2.06. The molecule has 0 fully saturated rings. The molecule has 0 saturated carbocycles. The number of pyridine rings is 1. The minimum Gasteiger partial charge on any atom is -0.461 e. The fraction of sp³-hybridized carbons (Fsp3) is 0.174. The Balaban J connectivity index is 1.49. The molecule has 1 heterocycles. The number of hydrogen-bond donors (Lipinski definition) is 0. The van der Waals surface area contributed by atoms with E-state index in [0.29, 0.717) is 12.8 Å². The van der Waals surface area contributed by atoms with E-state index in [4.69, 9.17) is 9.47 Å². The lowest BCUT2D eigenvalue weighted by molar-refractivity contribution is 0.0494. The lowest BCUT2D eigenvalue weighted by atomic mass is 10.2. The number of benzene rings is 2. The number of carbonyl (C=O) groups is 2. The van der Waals surface area contributed by atoms with Crippen molar-refractivity contribution in [2.24, 2.45) is 0 Å². The summed E-state index contributed by atoms with van der Waals surface area (Å²) in [5.74, 6) is -1.12. The second kappa shape index (κ2) is 10.0. The van der Waals surface area contributed by atoms with Gasteiger partial charge in [-0.3, -0.25) is 0 Å². The number of esters is 2. The van der Waals surface area contributed by atoms with Crippen LogP contribution in [0.4, 0.5) is 0 Å². The molecular formula is C23H21NO4. The molecule has 0 bridgehead atoms. The van der Waals surface area contributed by atoms with Gasteiger partial charge in [-0.05, 0) is 23.3 Å². The van der Waals surface area contributed by atoms with Crippen LogP contribution >= 0.6 is 0 Å². The highest BCUT2D eigenvalue weighted by Gasteiger charge is 2.14. The predicted molar refractivity (Wildman–Crippen MR) is 105 cm³/mol. The Hall–Kier alpha value is -3.47. The fourth-order valence-electron chi connectivity index (χ4n) is 2.62. The fourth-order valence-corrected chi connectivity index (χ4v) is 2.62.